The van der Waals surface area contributed by atoms with Crippen LogP contribution >= 0.6 is 0 Å². The minimum absolute atomic E-state index is 0.0350. The number of benzene rings is 2. The molecule has 2 aromatic carbocycles. The van der Waals surface area contributed by atoms with E-state index in [-0.39, 0.29) is 23.9 Å². The summed E-state index contributed by atoms with van der Waals surface area (Å²) in [6.45, 7) is 3.68. The van der Waals surface area contributed by atoms with E-state index in [1.54, 1.807) is 12.1 Å². The van der Waals surface area contributed by atoms with Gasteiger partial charge in [0, 0.05) is 54.7 Å². The van der Waals surface area contributed by atoms with Crippen molar-refractivity contribution in [2.75, 3.05) is 26.2 Å². The Morgan fingerprint density at radius 2 is 1.94 bits per heavy atom. The van der Waals surface area contributed by atoms with Crippen molar-refractivity contribution in [3.63, 3.8) is 0 Å². The van der Waals surface area contributed by atoms with Crippen molar-refractivity contribution in [3.05, 3.63) is 76.0 Å². The van der Waals surface area contributed by atoms with Crippen LogP contribution in [0.3, 0.4) is 0 Å². The Morgan fingerprint density at radius 3 is 2.74 bits per heavy atom. The van der Waals surface area contributed by atoms with Crippen LogP contribution in [0.4, 0.5) is 5.69 Å². The molecule has 7 nitrogen and oxygen atoms in total. The first kappa shape index (κ1) is 21.1. The van der Waals surface area contributed by atoms with Crippen molar-refractivity contribution >= 4 is 22.5 Å². The first-order valence-corrected chi connectivity index (χ1v) is 10.9. The van der Waals surface area contributed by atoms with E-state index in [1.165, 1.54) is 25.3 Å². The van der Waals surface area contributed by atoms with E-state index in [9.17, 15) is 14.9 Å². The summed E-state index contributed by atoms with van der Waals surface area (Å²) in [7, 11) is 0. The minimum atomic E-state index is -0.394. The molecule has 1 aliphatic rings. The number of aromatic nitrogens is 1. The Hall–Kier alpha value is -3.19. The molecule has 4 rings (SSSR count). The van der Waals surface area contributed by atoms with Crippen LogP contribution in [0.2, 0.25) is 0 Å². The van der Waals surface area contributed by atoms with Gasteiger partial charge in [-0.3, -0.25) is 14.9 Å². The highest BCUT2D eigenvalue weighted by Crippen LogP contribution is 2.34. The second-order valence-corrected chi connectivity index (χ2v) is 8.15. The number of aromatic amines is 1. The van der Waals surface area contributed by atoms with Gasteiger partial charge in [0.25, 0.3) is 5.69 Å². The average molecular weight is 421 g/mol. The highest BCUT2D eigenvalue weighted by Gasteiger charge is 2.23. The molecule has 1 saturated heterocycles. The molecule has 1 aliphatic heterocycles. The normalized spacial score (nSPS) is 15.6. The van der Waals surface area contributed by atoms with E-state index < -0.39 is 4.92 Å². The molecular formula is C24H28N4O3. The summed E-state index contributed by atoms with van der Waals surface area (Å²) < 4.78 is 0. The number of nitro benzene ring substituents is 1. The zero-order valence-corrected chi connectivity index (χ0v) is 17.5. The summed E-state index contributed by atoms with van der Waals surface area (Å²) in [5.41, 5.74) is 2.76. The van der Waals surface area contributed by atoms with E-state index in [1.807, 2.05) is 36.5 Å². The molecule has 2 N–H and O–H groups in total. The molecule has 0 unspecified atom stereocenters. The topological polar surface area (TPSA) is 91.3 Å². The lowest BCUT2D eigenvalue weighted by atomic mass is 9.87. The maximum absolute atomic E-state index is 12.8. The lowest BCUT2D eigenvalue weighted by Crippen LogP contribution is -2.38. The fourth-order valence-electron chi connectivity index (χ4n) is 4.44. The summed E-state index contributed by atoms with van der Waals surface area (Å²) in [4.78, 5) is 29.4. The SMILES string of the molecule is O=C(C[C@H](c1cccc([N+](=O)[O-])c1)c1c[nH]c2ccccc12)NCCN1CCCCC1. The van der Waals surface area contributed by atoms with E-state index in [2.05, 4.69) is 15.2 Å². The van der Waals surface area contributed by atoms with Gasteiger partial charge in [0.1, 0.15) is 0 Å². The van der Waals surface area contributed by atoms with Crippen LogP contribution < -0.4 is 5.32 Å². The molecule has 3 aromatic rings. The number of likely N-dealkylation sites (tertiary alicyclic amines) is 1. The summed E-state index contributed by atoms with van der Waals surface area (Å²) in [5, 5.41) is 15.4. The average Bonchev–Trinajstić information content (AvgIpc) is 3.22. The van der Waals surface area contributed by atoms with Crippen molar-refractivity contribution in [2.45, 2.75) is 31.6 Å². The molecule has 0 aliphatic carbocycles. The van der Waals surface area contributed by atoms with Crippen LogP contribution in [0.1, 0.15) is 42.7 Å². The van der Waals surface area contributed by atoms with Gasteiger partial charge in [0.2, 0.25) is 5.91 Å². The number of amides is 1. The molecular weight excluding hydrogens is 392 g/mol. The van der Waals surface area contributed by atoms with Gasteiger partial charge in [0.15, 0.2) is 0 Å². The number of H-pyrrole nitrogens is 1. The van der Waals surface area contributed by atoms with Crippen LogP contribution in [-0.2, 0) is 4.79 Å². The highest BCUT2D eigenvalue weighted by molar-refractivity contribution is 5.86. The zero-order chi connectivity index (χ0) is 21.6. The van der Waals surface area contributed by atoms with Crippen LogP contribution in [0.5, 0.6) is 0 Å². The summed E-state index contributed by atoms with van der Waals surface area (Å²) >= 11 is 0. The van der Waals surface area contributed by atoms with Crippen molar-refractivity contribution < 1.29 is 9.72 Å². The Kier molecular flexibility index (Phi) is 6.62. The van der Waals surface area contributed by atoms with E-state index in [4.69, 9.17) is 0 Å². The second kappa shape index (κ2) is 9.75. The summed E-state index contributed by atoms with van der Waals surface area (Å²) in [5.74, 6) is -0.315. The van der Waals surface area contributed by atoms with Crippen molar-refractivity contribution in [3.8, 4) is 0 Å². The van der Waals surface area contributed by atoms with Gasteiger partial charge in [-0.05, 0) is 43.1 Å². The molecule has 1 atom stereocenters. The lowest BCUT2D eigenvalue weighted by Gasteiger charge is -2.26. The summed E-state index contributed by atoms with van der Waals surface area (Å²) in [6.07, 6.45) is 5.89. The third-order valence-corrected chi connectivity index (χ3v) is 6.07. The van der Waals surface area contributed by atoms with Crippen molar-refractivity contribution in [1.29, 1.82) is 0 Å². The number of non-ortho nitro benzene ring substituents is 1. The van der Waals surface area contributed by atoms with Crippen molar-refractivity contribution in [1.82, 2.24) is 15.2 Å². The predicted octanol–water partition coefficient (Wildman–Crippen LogP) is 4.20. The standard InChI is InChI=1S/C24H28N4O3/c29-24(25-11-14-27-12-4-1-5-13-27)16-21(18-7-6-8-19(15-18)28(30)31)22-17-26-23-10-3-2-9-20(22)23/h2-3,6-10,15,17,21,26H,1,4-5,11-14,16H2,(H,25,29)/t21-/m1/s1. The van der Waals surface area contributed by atoms with Crippen LogP contribution in [0.25, 0.3) is 10.9 Å². The van der Waals surface area contributed by atoms with Crippen LogP contribution in [-0.4, -0.2) is 46.9 Å². The number of nitrogens with zero attached hydrogens (tertiary/aromatic N) is 2. The number of rotatable bonds is 8. The quantitative estimate of drug-likeness (QED) is 0.422. The number of nitro groups is 1. The molecule has 1 amide bonds. The number of hydrogen-bond donors (Lipinski definition) is 2. The molecule has 0 saturated carbocycles. The lowest BCUT2D eigenvalue weighted by molar-refractivity contribution is -0.384. The van der Waals surface area contributed by atoms with Gasteiger partial charge in [-0.1, -0.05) is 36.8 Å². The number of para-hydroxylation sites is 1. The molecule has 0 radical (unpaired) electrons. The number of carbonyl (C=O) groups is 1. The molecule has 162 valence electrons. The van der Waals surface area contributed by atoms with Gasteiger partial charge in [-0.2, -0.15) is 0 Å². The van der Waals surface area contributed by atoms with Crippen molar-refractivity contribution in [2.24, 2.45) is 0 Å². The van der Waals surface area contributed by atoms with Crippen LogP contribution in [0, 0.1) is 10.1 Å². The molecule has 0 bridgehead atoms. The third kappa shape index (κ3) is 5.11. The molecule has 7 heteroatoms. The van der Waals surface area contributed by atoms with Gasteiger partial charge >= 0.3 is 0 Å². The maximum Gasteiger partial charge on any atom is 0.269 e. The smallest absolute Gasteiger partial charge is 0.269 e. The molecule has 1 fully saturated rings. The number of nitrogens with one attached hydrogen (secondary N) is 2. The number of piperidine rings is 1. The van der Waals surface area contributed by atoms with E-state index in [0.29, 0.717) is 6.54 Å². The molecule has 0 spiro atoms. The zero-order valence-electron chi connectivity index (χ0n) is 17.5. The third-order valence-electron chi connectivity index (χ3n) is 6.07. The predicted molar refractivity (Wildman–Crippen MR) is 121 cm³/mol. The van der Waals surface area contributed by atoms with Gasteiger partial charge in [-0.15, -0.1) is 0 Å². The highest BCUT2D eigenvalue weighted by atomic mass is 16.6. The number of carbonyl (C=O) groups excluding carboxylic acids is 1. The maximum atomic E-state index is 12.8. The van der Waals surface area contributed by atoms with Gasteiger partial charge in [0.05, 0.1) is 4.92 Å². The minimum Gasteiger partial charge on any atom is -0.361 e. The molecule has 2 heterocycles. The Balaban J connectivity index is 1.53. The molecule has 31 heavy (non-hydrogen) atoms. The number of fused-ring (bicyclic) bond motifs is 1. The van der Waals surface area contributed by atoms with Crippen LogP contribution in [0.15, 0.2) is 54.7 Å². The van der Waals surface area contributed by atoms with E-state index >= 15 is 0 Å². The van der Waals surface area contributed by atoms with Gasteiger partial charge < -0.3 is 15.2 Å². The summed E-state index contributed by atoms with van der Waals surface area (Å²) in [6, 6.07) is 14.5. The largest absolute Gasteiger partial charge is 0.361 e. The van der Waals surface area contributed by atoms with E-state index in [0.717, 1.165) is 41.7 Å². The monoisotopic (exact) mass is 420 g/mol. The van der Waals surface area contributed by atoms with Gasteiger partial charge in [-0.25, -0.2) is 0 Å². The Morgan fingerprint density at radius 1 is 1.13 bits per heavy atom. The fraction of sp³-hybridized carbons (Fsp3) is 0.375. The number of hydrogen-bond acceptors (Lipinski definition) is 4. The first-order chi connectivity index (χ1) is 15.1. The Bertz CT molecular complexity index is 1060. The molecule has 1 aromatic heterocycles. The second-order valence-electron chi connectivity index (χ2n) is 8.15. The first-order valence-electron chi connectivity index (χ1n) is 10.9. The Labute approximate surface area is 181 Å². The fourth-order valence-corrected chi connectivity index (χ4v) is 4.44.